The van der Waals surface area contributed by atoms with Crippen molar-refractivity contribution in [1.82, 2.24) is 5.32 Å². The maximum absolute atomic E-state index is 10.3. The molecule has 0 aliphatic carbocycles. The molecule has 0 amide bonds. The predicted molar refractivity (Wildman–Crippen MR) is 53.1 cm³/mol. The molecular weight excluding hydrogens is 190 g/mol. The smallest absolute Gasteiger partial charge is 0.278 e. The fourth-order valence-electron chi connectivity index (χ4n) is 1.00. The lowest BCUT2D eigenvalue weighted by Crippen LogP contribution is -2.23. The van der Waals surface area contributed by atoms with Crippen molar-refractivity contribution in [2.75, 3.05) is 12.4 Å². The van der Waals surface area contributed by atoms with Crippen molar-refractivity contribution in [3.63, 3.8) is 0 Å². The van der Waals surface area contributed by atoms with E-state index >= 15 is 0 Å². The van der Waals surface area contributed by atoms with Gasteiger partial charge in [0.1, 0.15) is 5.88 Å². The molecule has 0 aliphatic rings. The molecule has 5 heteroatoms. The highest BCUT2D eigenvalue weighted by Crippen LogP contribution is 2.04. The maximum Gasteiger partial charge on any atom is 0.278 e. The molecule has 13 heavy (non-hydrogen) atoms. The van der Waals surface area contributed by atoms with Crippen molar-refractivity contribution >= 4 is 10.1 Å². The standard InChI is InChI=1S/C8H19NO3S/c1-8(2)5-3-4-6-9-7-13(10,11)12/h8-9H,3-7H2,1-2H3,(H,10,11,12). The minimum absolute atomic E-state index is 0.339. The molecule has 0 rings (SSSR count). The zero-order valence-electron chi connectivity index (χ0n) is 8.28. The molecule has 0 atom stereocenters. The van der Waals surface area contributed by atoms with Gasteiger partial charge in [-0.2, -0.15) is 8.42 Å². The molecule has 0 unspecified atom stereocenters. The molecule has 0 bridgehead atoms. The van der Waals surface area contributed by atoms with Gasteiger partial charge in [-0.25, -0.2) is 0 Å². The number of nitrogens with one attached hydrogen (secondary N) is 1. The molecule has 0 fully saturated rings. The molecule has 0 radical (unpaired) electrons. The summed E-state index contributed by atoms with van der Waals surface area (Å²) in [5.74, 6) is 0.357. The summed E-state index contributed by atoms with van der Waals surface area (Å²) < 4.78 is 28.9. The van der Waals surface area contributed by atoms with Crippen LogP contribution in [-0.2, 0) is 10.1 Å². The van der Waals surface area contributed by atoms with Crippen LogP contribution in [-0.4, -0.2) is 25.4 Å². The van der Waals surface area contributed by atoms with Gasteiger partial charge in [-0.15, -0.1) is 0 Å². The normalized spacial score (nSPS) is 12.3. The Morgan fingerprint density at radius 1 is 1.31 bits per heavy atom. The van der Waals surface area contributed by atoms with Crippen LogP contribution in [0.5, 0.6) is 0 Å². The third-order valence-electron chi connectivity index (χ3n) is 1.67. The Morgan fingerprint density at radius 2 is 1.92 bits per heavy atom. The predicted octanol–water partition coefficient (Wildman–Crippen LogP) is 1.25. The fourth-order valence-corrected chi connectivity index (χ4v) is 1.41. The molecule has 0 heterocycles. The Balaban J connectivity index is 3.18. The number of hydrogen-bond donors (Lipinski definition) is 2. The van der Waals surface area contributed by atoms with E-state index in [9.17, 15) is 8.42 Å². The lowest BCUT2D eigenvalue weighted by molar-refractivity contribution is 0.472. The van der Waals surface area contributed by atoms with Gasteiger partial charge < -0.3 is 5.32 Å². The van der Waals surface area contributed by atoms with E-state index in [0.717, 1.165) is 19.3 Å². The topological polar surface area (TPSA) is 66.4 Å². The summed E-state index contributed by atoms with van der Waals surface area (Å²) >= 11 is 0. The summed E-state index contributed by atoms with van der Waals surface area (Å²) in [7, 11) is -3.84. The van der Waals surface area contributed by atoms with Crippen LogP contribution in [0.25, 0.3) is 0 Å². The number of unbranched alkanes of at least 4 members (excludes halogenated alkanes) is 1. The molecule has 0 aliphatic heterocycles. The molecule has 0 aromatic heterocycles. The second kappa shape index (κ2) is 6.34. The molecular formula is C8H19NO3S. The van der Waals surface area contributed by atoms with Crippen LogP contribution >= 0.6 is 0 Å². The van der Waals surface area contributed by atoms with Crippen LogP contribution in [0.1, 0.15) is 33.1 Å². The minimum Gasteiger partial charge on any atom is -0.302 e. The molecule has 0 spiro atoms. The summed E-state index contributed by atoms with van der Waals surface area (Å²) in [5, 5.41) is 2.66. The van der Waals surface area contributed by atoms with Crippen molar-refractivity contribution in [3.05, 3.63) is 0 Å². The van der Waals surface area contributed by atoms with Crippen molar-refractivity contribution in [3.8, 4) is 0 Å². The van der Waals surface area contributed by atoms with Gasteiger partial charge in [-0.1, -0.05) is 26.7 Å². The van der Waals surface area contributed by atoms with Gasteiger partial charge in [0.05, 0.1) is 0 Å². The first-order chi connectivity index (χ1) is 5.92. The first kappa shape index (κ1) is 12.9. The molecule has 0 saturated heterocycles. The van der Waals surface area contributed by atoms with Crippen LogP contribution in [0, 0.1) is 5.92 Å². The quantitative estimate of drug-likeness (QED) is 0.489. The van der Waals surface area contributed by atoms with Gasteiger partial charge >= 0.3 is 0 Å². The van der Waals surface area contributed by atoms with E-state index < -0.39 is 10.1 Å². The van der Waals surface area contributed by atoms with Gasteiger partial charge in [0, 0.05) is 0 Å². The van der Waals surface area contributed by atoms with Gasteiger partial charge in [0.15, 0.2) is 0 Å². The minimum atomic E-state index is -3.84. The van der Waals surface area contributed by atoms with Crippen LogP contribution in [0.4, 0.5) is 0 Å². The zero-order chi connectivity index (χ0) is 10.3. The highest BCUT2D eigenvalue weighted by molar-refractivity contribution is 7.85. The third kappa shape index (κ3) is 11.9. The molecule has 0 aromatic carbocycles. The third-order valence-corrected chi connectivity index (χ3v) is 2.24. The van der Waals surface area contributed by atoms with Crippen LogP contribution in [0.2, 0.25) is 0 Å². The van der Waals surface area contributed by atoms with E-state index in [2.05, 4.69) is 19.2 Å². The summed E-state index contributed by atoms with van der Waals surface area (Å²) in [6, 6.07) is 0. The van der Waals surface area contributed by atoms with Crippen LogP contribution in [0.3, 0.4) is 0 Å². The van der Waals surface area contributed by atoms with E-state index in [1.165, 1.54) is 0 Å². The van der Waals surface area contributed by atoms with Gasteiger partial charge in [0.25, 0.3) is 10.1 Å². The number of hydrogen-bond acceptors (Lipinski definition) is 3. The van der Waals surface area contributed by atoms with Crippen molar-refractivity contribution in [2.24, 2.45) is 5.92 Å². The SMILES string of the molecule is CC(C)CCCCNCS(=O)(=O)O. The molecule has 2 N–H and O–H groups in total. The Labute approximate surface area is 80.5 Å². The van der Waals surface area contributed by atoms with Crippen molar-refractivity contribution in [1.29, 1.82) is 0 Å². The maximum atomic E-state index is 10.3. The Morgan fingerprint density at radius 3 is 2.38 bits per heavy atom. The lowest BCUT2D eigenvalue weighted by atomic mass is 10.1. The van der Waals surface area contributed by atoms with Crippen LogP contribution < -0.4 is 5.32 Å². The van der Waals surface area contributed by atoms with Gasteiger partial charge in [0.2, 0.25) is 0 Å². The lowest BCUT2D eigenvalue weighted by Gasteiger charge is -2.04. The first-order valence-electron chi connectivity index (χ1n) is 4.57. The first-order valence-corrected chi connectivity index (χ1v) is 6.18. The average Bonchev–Trinajstić information content (AvgIpc) is 1.93. The molecule has 4 nitrogen and oxygen atoms in total. The van der Waals surface area contributed by atoms with Crippen LogP contribution in [0.15, 0.2) is 0 Å². The summed E-state index contributed by atoms with van der Waals surface area (Å²) in [6.45, 7) is 4.96. The highest BCUT2D eigenvalue weighted by atomic mass is 32.2. The van der Waals surface area contributed by atoms with Crippen molar-refractivity contribution < 1.29 is 13.0 Å². The Hall–Kier alpha value is -0.130. The highest BCUT2D eigenvalue weighted by Gasteiger charge is 2.01. The molecule has 80 valence electrons. The fraction of sp³-hybridized carbons (Fsp3) is 1.00. The summed E-state index contributed by atoms with van der Waals surface area (Å²) in [5.41, 5.74) is 0. The zero-order valence-corrected chi connectivity index (χ0v) is 9.10. The molecule has 0 aromatic rings. The average molecular weight is 209 g/mol. The van der Waals surface area contributed by atoms with E-state index in [0.29, 0.717) is 12.5 Å². The van der Waals surface area contributed by atoms with E-state index in [1.807, 2.05) is 0 Å². The monoisotopic (exact) mass is 209 g/mol. The van der Waals surface area contributed by atoms with E-state index in [-0.39, 0.29) is 5.88 Å². The van der Waals surface area contributed by atoms with Gasteiger partial charge in [-0.3, -0.25) is 4.55 Å². The summed E-state index contributed by atoms with van der Waals surface area (Å²) in [6.07, 6.45) is 3.21. The van der Waals surface area contributed by atoms with Gasteiger partial charge in [-0.05, 0) is 18.9 Å². The molecule has 0 saturated carbocycles. The van der Waals surface area contributed by atoms with E-state index in [1.54, 1.807) is 0 Å². The second-order valence-corrected chi connectivity index (χ2v) is 5.07. The number of rotatable bonds is 7. The Bertz CT molecular complexity index is 211. The second-order valence-electron chi connectivity index (χ2n) is 3.62. The summed E-state index contributed by atoms with van der Waals surface area (Å²) in [4.78, 5) is 0. The van der Waals surface area contributed by atoms with Crippen molar-refractivity contribution in [2.45, 2.75) is 33.1 Å². The largest absolute Gasteiger partial charge is 0.302 e. The Kier molecular flexibility index (Phi) is 6.28. The van der Waals surface area contributed by atoms with E-state index in [4.69, 9.17) is 4.55 Å².